The predicted molar refractivity (Wildman–Crippen MR) is 67.3 cm³/mol. The maximum Gasteiger partial charge on any atom is 0.240 e. The highest BCUT2D eigenvalue weighted by Gasteiger charge is 2.32. The van der Waals surface area contributed by atoms with Gasteiger partial charge in [-0.1, -0.05) is 13.8 Å². The molecule has 1 aliphatic heterocycles. The number of carbonyl (C=O) groups excluding carboxylic acids is 1. The first-order valence-electron chi connectivity index (χ1n) is 6.51. The van der Waals surface area contributed by atoms with Crippen molar-refractivity contribution < 1.29 is 4.79 Å². The number of nitrogens with one attached hydrogen (secondary N) is 1. The first-order valence-corrected chi connectivity index (χ1v) is 6.51. The molecule has 0 spiro atoms. The highest BCUT2D eigenvalue weighted by Crippen LogP contribution is 2.20. The molecule has 4 heteroatoms. The highest BCUT2D eigenvalue weighted by atomic mass is 16.2. The molecule has 0 aromatic heterocycles. The Morgan fingerprint density at radius 1 is 1.59 bits per heavy atom. The summed E-state index contributed by atoms with van der Waals surface area (Å²) in [6.07, 6.45) is 2.90. The van der Waals surface area contributed by atoms with Gasteiger partial charge >= 0.3 is 0 Å². The highest BCUT2D eigenvalue weighted by molar-refractivity contribution is 5.84. The molecule has 2 unspecified atom stereocenters. The molecule has 0 saturated carbocycles. The number of rotatable bonds is 5. The van der Waals surface area contributed by atoms with Gasteiger partial charge in [-0.25, -0.2) is 0 Å². The Hall–Kier alpha value is -1.08. The summed E-state index contributed by atoms with van der Waals surface area (Å²) < 4.78 is 0. The third kappa shape index (κ3) is 3.19. The van der Waals surface area contributed by atoms with E-state index in [0.717, 1.165) is 19.5 Å². The maximum atomic E-state index is 11.9. The molecule has 1 saturated heterocycles. The van der Waals surface area contributed by atoms with Crippen LogP contribution < -0.4 is 5.32 Å². The molecule has 1 amide bonds. The van der Waals surface area contributed by atoms with Crippen LogP contribution in [0, 0.1) is 16.7 Å². The molecule has 1 rings (SSSR count). The number of amides is 1. The summed E-state index contributed by atoms with van der Waals surface area (Å²) in [6, 6.07) is 2.55. The van der Waals surface area contributed by atoms with Crippen LogP contribution in [0.3, 0.4) is 0 Å². The largest absolute Gasteiger partial charge is 0.353 e. The van der Waals surface area contributed by atoms with Crippen molar-refractivity contribution in [2.75, 3.05) is 19.6 Å². The quantitative estimate of drug-likeness (QED) is 0.789. The van der Waals surface area contributed by atoms with Crippen molar-refractivity contribution in [1.29, 1.82) is 5.26 Å². The van der Waals surface area contributed by atoms with E-state index in [1.807, 2.05) is 6.92 Å². The second-order valence-electron chi connectivity index (χ2n) is 4.93. The molecule has 0 aromatic rings. The summed E-state index contributed by atoms with van der Waals surface area (Å²) in [5.74, 6) is -0.134. The fraction of sp³-hybridized carbons (Fsp3) is 0.846. The van der Waals surface area contributed by atoms with Crippen LogP contribution in [-0.2, 0) is 4.79 Å². The zero-order valence-corrected chi connectivity index (χ0v) is 11.1. The van der Waals surface area contributed by atoms with Gasteiger partial charge in [0.25, 0.3) is 0 Å². The van der Waals surface area contributed by atoms with Gasteiger partial charge in [0.05, 0.1) is 6.07 Å². The molecule has 1 fully saturated rings. The summed E-state index contributed by atoms with van der Waals surface area (Å²) in [7, 11) is 0. The summed E-state index contributed by atoms with van der Waals surface area (Å²) in [5.41, 5.74) is -0.879. The summed E-state index contributed by atoms with van der Waals surface area (Å²) >= 11 is 0. The van der Waals surface area contributed by atoms with Gasteiger partial charge in [0.15, 0.2) is 0 Å². The SMILES string of the molecule is CCN1CCCC1CNC(=O)C(C)(C#N)CC. The topological polar surface area (TPSA) is 56.1 Å². The van der Waals surface area contributed by atoms with Gasteiger partial charge in [0.2, 0.25) is 5.91 Å². The van der Waals surface area contributed by atoms with Gasteiger partial charge in [0, 0.05) is 12.6 Å². The van der Waals surface area contributed by atoms with E-state index in [-0.39, 0.29) is 5.91 Å². The Bertz CT molecular complexity index is 310. The lowest BCUT2D eigenvalue weighted by atomic mass is 9.88. The van der Waals surface area contributed by atoms with Crippen molar-refractivity contribution >= 4 is 5.91 Å². The van der Waals surface area contributed by atoms with E-state index in [1.165, 1.54) is 6.42 Å². The van der Waals surface area contributed by atoms with Crippen LogP contribution in [0.4, 0.5) is 0 Å². The summed E-state index contributed by atoms with van der Waals surface area (Å²) in [6.45, 7) is 8.55. The molecule has 17 heavy (non-hydrogen) atoms. The van der Waals surface area contributed by atoms with Crippen LogP contribution in [-0.4, -0.2) is 36.5 Å². The van der Waals surface area contributed by atoms with Gasteiger partial charge in [-0.15, -0.1) is 0 Å². The number of hydrogen-bond acceptors (Lipinski definition) is 3. The van der Waals surface area contributed by atoms with E-state index in [1.54, 1.807) is 6.92 Å². The van der Waals surface area contributed by atoms with Gasteiger partial charge in [0.1, 0.15) is 5.41 Å². The van der Waals surface area contributed by atoms with Gasteiger partial charge < -0.3 is 5.32 Å². The molecule has 0 aromatic carbocycles. The molecule has 4 nitrogen and oxygen atoms in total. The fourth-order valence-corrected chi connectivity index (χ4v) is 2.24. The summed E-state index contributed by atoms with van der Waals surface area (Å²) in [5, 5.41) is 12.0. The number of nitrogens with zero attached hydrogens (tertiary/aromatic N) is 2. The molecular weight excluding hydrogens is 214 g/mol. The van der Waals surface area contributed by atoms with Crippen molar-refractivity contribution in [2.45, 2.75) is 46.1 Å². The van der Waals surface area contributed by atoms with E-state index in [9.17, 15) is 4.79 Å². The minimum atomic E-state index is -0.879. The number of likely N-dealkylation sites (tertiary alicyclic amines) is 1. The Morgan fingerprint density at radius 3 is 2.82 bits per heavy atom. The number of likely N-dealkylation sites (N-methyl/N-ethyl adjacent to an activating group) is 1. The number of carbonyl (C=O) groups is 1. The molecule has 96 valence electrons. The normalized spacial score (nSPS) is 24.0. The molecule has 1 aliphatic rings. The molecule has 1 heterocycles. The lowest BCUT2D eigenvalue weighted by molar-refractivity contribution is -0.127. The van der Waals surface area contributed by atoms with Crippen LogP contribution in [0.1, 0.15) is 40.0 Å². The molecular formula is C13H23N3O. The monoisotopic (exact) mass is 237 g/mol. The van der Waals surface area contributed by atoms with E-state index in [4.69, 9.17) is 5.26 Å². The number of hydrogen-bond donors (Lipinski definition) is 1. The van der Waals surface area contributed by atoms with Gasteiger partial charge in [-0.2, -0.15) is 5.26 Å². The smallest absolute Gasteiger partial charge is 0.240 e. The van der Waals surface area contributed by atoms with Crippen molar-refractivity contribution in [3.8, 4) is 6.07 Å². The first kappa shape index (κ1) is 14.0. The average Bonchev–Trinajstić information content (AvgIpc) is 2.82. The minimum Gasteiger partial charge on any atom is -0.353 e. The Kier molecular flexibility index (Phi) is 4.95. The second-order valence-corrected chi connectivity index (χ2v) is 4.93. The standard InChI is InChI=1S/C13H23N3O/c1-4-13(3,10-14)12(17)15-9-11-7-6-8-16(11)5-2/h11H,4-9H2,1-3H3,(H,15,17). The van der Waals surface area contributed by atoms with Crippen molar-refractivity contribution in [2.24, 2.45) is 5.41 Å². The van der Waals surface area contributed by atoms with Crippen molar-refractivity contribution in [3.63, 3.8) is 0 Å². The molecule has 1 N–H and O–H groups in total. The summed E-state index contributed by atoms with van der Waals surface area (Å²) in [4.78, 5) is 14.3. The number of nitriles is 1. The fourth-order valence-electron chi connectivity index (χ4n) is 2.24. The zero-order chi connectivity index (χ0) is 12.9. The lowest BCUT2D eigenvalue weighted by Gasteiger charge is -2.25. The molecule has 2 atom stereocenters. The molecule has 0 bridgehead atoms. The maximum absolute atomic E-state index is 11.9. The average molecular weight is 237 g/mol. The minimum absolute atomic E-state index is 0.134. The van der Waals surface area contributed by atoms with Crippen LogP contribution in [0.2, 0.25) is 0 Å². The van der Waals surface area contributed by atoms with Gasteiger partial charge in [-0.3, -0.25) is 9.69 Å². The van der Waals surface area contributed by atoms with E-state index < -0.39 is 5.41 Å². The zero-order valence-electron chi connectivity index (χ0n) is 11.1. The van der Waals surface area contributed by atoms with Crippen LogP contribution in [0.15, 0.2) is 0 Å². The van der Waals surface area contributed by atoms with Crippen LogP contribution >= 0.6 is 0 Å². The van der Waals surface area contributed by atoms with E-state index >= 15 is 0 Å². The third-order valence-electron chi connectivity index (χ3n) is 3.86. The van der Waals surface area contributed by atoms with Crippen LogP contribution in [0.25, 0.3) is 0 Å². The second kappa shape index (κ2) is 6.02. The van der Waals surface area contributed by atoms with E-state index in [0.29, 0.717) is 19.0 Å². The molecule has 0 radical (unpaired) electrons. The Labute approximate surface area is 104 Å². The third-order valence-corrected chi connectivity index (χ3v) is 3.86. The lowest BCUT2D eigenvalue weighted by Crippen LogP contribution is -2.44. The van der Waals surface area contributed by atoms with Crippen molar-refractivity contribution in [3.05, 3.63) is 0 Å². The molecule has 0 aliphatic carbocycles. The van der Waals surface area contributed by atoms with Gasteiger partial charge in [-0.05, 0) is 39.3 Å². The van der Waals surface area contributed by atoms with Crippen LogP contribution in [0.5, 0.6) is 0 Å². The Morgan fingerprint density at radius 2 is 2.29 bits per heavy atom. The predicted octanol–water partition coefficient (Wildman–Crippen LogP) is 1.53. The Balaban J connectivity index is 2.46. The van der Waals surface area contributed by atoms with Crippen molar-refractivity contribution in [1.82, 2.24) is 10.2 Å². The van der Waals surface area contributed by atoms with E-state index in [2.05, 4.69) is 23.2 Å². The first-order chi connectivity index (χ1) is 8.07.